The normalized spacial score (nSPS) is 12.2. The van der Waals surface area contributed by atoms with Gasteiger partial charge in [0.1, 0.15) is 0 Å². The van der Waals surface area contributed by atoms with Crippen molar-refractivity contribution in [2.24, 2.45) is 11.7 Å². The first kappa shape index (κ1) is 15.7. The van der Waals surface area contributed by atoms with Crippen LogP contribution in [0.1, 0.15) is 38.3 Å². The summed E-state index contributed by atoms with van der Waals surface area (Å²) >= 11 is 0. The Morgan fingerprint density at radius 1 is 1.26 bits per heavy atom. The van der Waals surface area contributed by atoms with Gasteiger partial charge in [0.05, 0.1) is 6.42 Å². The molecule has 1 aromatic rings. The van der Waals surface area contributed by atoms with Crippen molar-refractivity contribution in [1.29, 1.82) is 0 Å². The molecule has 0 aliphatic heterocycles. The topological polar surface area (TPSA) is 46.3 Å². The monoisotopic (exact) mass is 262 g/mol. The van der Waals surface area contributed by atoms with Crippen molar-refractivity contribution in [2.75, 3.05) is 13.1 Å². The smallest absolute Gasteiger partial charge is 0.227 e. The standard InChI is InChI=1S/C16H26N2O/c1-4-13(3)12-18(5-2)16(19)10-14-8-6-7-9-15(14)11-17/h6-9,13H,4-5,10-12,17H2,1-3H3. The number of nitrogens with two attached hydrogens (primary N) is 1. The Balaban J connectivity index is 2.71. The van der Waals surface area contributed by atoms with E-state index in [9.17, 15) is 4.79 Å². The van der Waals surface area contributed by atoms with Crippen LogP contribution < -0.4 is 5.73 Å². The molecule has 1 atom stereocenters. The van der Waals surface area contributed by atoms with Crippen molar-refractivity contribution >= 4 is 5.91 Å². The lowest BCUT2D eigenvalue weighted by atomic mass is 10.0. The summed E-state index contributed by atoms with van der Waals surface area (Å²) < 4.78 is 0. The van der Waals surface area contributed by atoms with Crippen LogP contribution in [-0.2, 0) is 17.8 Å². The third kappa shape index (κ3) is 4.67. The average Bonchev–Trinajstić information content (AvgIpc) is 2.44. The van der Waals surface area contributed by atoms with Gasteiger partial charge in [0.2, 0.25) is 5.91 Å². The van der Waals surface area contributed by atoms with Crippen LogP contribution in [0, 0.1) is 5.92 Å². The highest BCUT2D eigenvalue weighted by atomic mass is 16.2. The molecule has 3 heteroatoms. The highest BCUT2D eigenvalue weighted by Crippen LogP contribution is 2.12. The first-order chi connectivity index (χ1) is 9.12. The Hall–Kier alpha value is -1.35. The second kappa shape index (κ2) is 7.95. The highest BCUT2D eigenvalue weighted by Gasteiger charge is 2.15. The van der Waals surface area contributed by atoms with Gasteiger partial charge in [-0.25, -0.2) is 0 Å². The molecule has 1 amide bonds. The molecule has 0 heterocycles. The molecule has 0 fully saturated rings. The minimum Gasteiger partial charge on any atom is -0.342 e. The third-order valence-electron chi connectivity index (χ3n) is 3.64. The first-order valence-electron chi connectivity index (χ1n) is 7.16. The molecule has 1 aromatic carbocycles. The maximum atomic E-state index is 12.3. The summed E-state index contributed by atoms with van der Waals surface area (Å²) in [6, 6.07) is 7.92. The van der Waals surface area contributed by atoms with Gasteiger partial charge in [-0.15, -0.1) is 0 Å². The molecule has 19 heavy (non-hydrogen) atoms. The average molecular weight is 262 g/mol. The van der Waals surface area contributed by atoms with E-state index in [4.69, 9.17) is 5.73 Å². The van der Waals surface area contributed by atoms with E-state index in [1.54, 1.807) is 0 Å². The second-order valence-corrected chi connectivity index (χ2v) is 5.10. The van der Waals surface area contributed by atoms with Crippen molar-refractivity contribution in [3.63, 3.8) is 0 Å². The SMILES string of the molecule is CCC(C)CN(CC)C(=O)Cc1ccccc1CN. The van der Waals surface area contributed by atoms with Gasteiger partial charge >= 0.3 is 0 Å². The Bertz CT molecular complexity index is 403. The van der Waals surface area contributed by atoms with Gasteiger partial charge in [-0.2, -0.15) is 0 Å². The predicted molar refractivity (Wildman–Crippen MR) is 79.7 cm³/mol. The zero-order valence-corrected chi connectivity index (χ0v) is 12.4. The number of hydrogen-bond donors (Lipinski definition) is 1. The molecule has 0 saturated heterocycles. The molecule has 0 bridgehead atoms. The fraction of sp³-hybridized carbons (Fsp3) is 0.562. The number of benzene rings is 1. The Morgan fingerprint density at radius 2 is 1.89 bits per heavy atom. The minimum atomic E-state index is 0.198. The number of carbonyl (C=O) groups is 1. The van der Waals surface area contributed by atoms with Crippen molar-refractivity contribution in [2.45, 2.75) is 40.2 Å². The van der Waals surface area contributed by atoms with Gasteiger partial charge in [-0.1, -0.05) is 44.5 Å². The number of amides is 1. The van der Waals surface area contributed by atoms with E-state index in [2.05, 4.69) is 13.8 Å². The van der Waals surface area contributed by atoms with Crippen molar-refractivity contribution in [1.82, 2.24) is 4.90 Å². The van der Waals surface area contributed by atoms with E-state index in [0.29, 0.717) is 18.9 Å². The van der Waals surface area contributed by atoms with Crippen LogP contribution in [0.25, 0.3) is 0 Å². The quantitative estimate of drug-likeness (QED) is 0.821. The lowest BCUT2D eigenvalue weighted by Crippen LogP contribution is -2.35. The van der Waals surface area contributed by atoms with Crippen molar-refractivity contribution in [3.8, 4) is 0 Å². The molecule has 0 radical (unpaired) electrons. The van der Waals surface area contributed by atoms with Gasteiger partial charge in [-0.3, -0.25) is 4.79 Å². The summed E-state index contributed by atoms with van der Waals surface area (Å²) in [7, 11) is 0. The van der Waals surface area contributed by atoms with Crippen LogP contribution in [0.4, 0.5) is 0 Å². The minimum absolute atomic E-state index is 0.198. The molecule has 0 spiro atoms. The molecule has 0 saturated carbocycles. The van der Waals surface area contributed by atoms with E-state index in [1.165, 1.54) is 0 Å². The zero-order chi connectivity index (χ0) is 14.3. The molecular formula is C16H26N2O. The number of rotatable bonds is 7. The number of carbonyl (C=O) groups excluding carboxylic acids is 1. The molecule has 0 aliphatic rings. The summed E-state index contributed by atoms with van der Waals surface area (Å²) in [6.45, 7) is 8.48. The molecular weight excluding hydrogens is 236 g/mol. The van der Waals surface area contributed by atoms with E-state index in [0.717, 1.165) is 30.6 Å². The van der Waals surface area contributed by atoms with Crippen LogP contribution in [0.3, 0.4) is 0 Å². The van der Waals surface area contributed by atoms with E-state index in [-0.39, 0.29) is 5.91 Å². The van der Waals surface area contributed by atoms with Crippen LogP contribution in [0.5, 0.6) is 0 Å². The molecule has 1 unspecified atom stereocenters. The fourth-order valence-electron chi connectivity index (χ4n) is 2.12. The first-order valence-corrected chi connectivity index (χ1v) is 7.16. The van der Waals surface area contributed by atoms with Crippen LogP contribution >= 0.6 is 0 Å². The number of likely N-dealkylation sites (N-methyl/N-ethyl adjacent to an activating group) is 1. The Kier molecular flexibility index (Phi) is 6.57. The summed E-state index contributed by atoms with van der Waals surface area (Å²) in [6.07, 6.45) is 1.56. The molecule has 1 rings (SSSR count). The molecule has 2 N–H and O–H groups in total. The van der Waals surface area contributed by atoms with Crippen LogP contribution in [-0.4, -0.2) is 23.9 Å². The van der Waals surface area contributed by atoms with Crippen molar-refractivity contribution in [3.05, 3.63) is 35.4 Å². The molecule has 106 valence electrons. The maximum absolute atomic E-state index is 12.3. The summed E-state index contributed by atoms with van der Waals surface area (Å²) in [5.74, 6) is 0.748. The maximum Gasteiger partial charge on any atom is 0.227 e. The Labute approximate surface area is 116 Å². The largest absolute Gasteiger partial charge is 0.342 e. The van der Waals surface area contributed by atoms with Gasteiger partial charge in [-0.05, 0) is 24.0 Å². The van der Waals surface area contributed by atoms with Crippen molar-refractivity contribution < 1.29 is 4.79 Å². The van der Waals surface area contributed by atoms with Gasteiger partial charge < -0.3 is 10.6 Å². The number of hydrogen-bond acceptors (Lipinski definition) is 2. The number of nitrogens with zero attached hydrogens (tertiary/aromatic N) is 1. The van der Waals surface area contributed by atoms with E-state index < -0.39 is 0 Å². The van der Waals surface area contributed by atoms with Crippen LogP contribution in [0.15, 0.2) is 24.3 Å². The van der Waals surface area contributed by atoms with Gasteiger partial charge in [0.15, 0.2) is 0 Å². The van der Waals surface area contributed by atoms with Crippen LogP contribution in [0.2, 0.25) is 0 Å². The zero-order valence-electron chi connectivity index (χ0n) is 12.4. The van der Waals surface area contributed by atoms with Gasteiger partial charge in [0.25, 0.3) is 0 Å². The predicted octanol–water partition coefficient (Wildman–Crippen LogP) is 2.58. The lowest BCUT2D eigenvalue weighted by Gasteiger charge is -2.24. The third-order valence-corrected chi connectivity index (χ3v) is 3.64. The highest BCUT2D eigenvalue weighted by molar-refractivity contribution is 5.79. The lowest BCUT2D eigenvalue weighted by molar-refractivity contribution is -0.130. The molecule has 0 aromatic heterocycles. The molecule has 3 nitrogen and oxygen atoms in total. The fourth-order valence-corrected chi connectivity index (χ4v) is 2.12. The second-order valence-electron chi connectivity index (χ2n) is 5.10. The van der Waals surface area contributed by atoms with E-state index >= 15 is 0 Å². The Morgan fingerprint density at radius 3 is 2.42 bits per heavy atom. The summed E-state index contributed by atoms with van der Waals surface area (Å²) in [4.78, 5) is 14.3. The summed E-state index contributed by atoms with van der Waals surface area (Å²) in [5, 5.41) is 0. The molecule has 0 aliphatic carbocycles. The van der Waals surface area contributed by atoms with Gasteiger partial charge in [0, 0.05) is 19.6 Å². The van der Waals surface area contributed by atoms with E-state index in [1.807, 2.05) is 36.1 Å². The summed E-state index contributed by atoms with van der Waals surface area (Å²) in [5.41, 5.74) is 7.83.